The number of unbranched alkanes of at least 4 members (excludes halogenated alkanes) is 24. The number of allylic oxidation sites excluding steroid dienone is 4. The quantitative estimate of drug-likeness (QED) is 0.0232. The lowest BCUT2D eigenvalue weighted by atomic mass is 10.0. The number of nitrogens with two attached hydrogens (primary N) is 1. The molecular weight excluding hydrogens is 733 g/mol. The number of rotatable bonds is 42. The smallest absolute Gasteiger partial charge is 0.472 e. The summed E-state index contributed by atoms with van der Waals surface area (Å²) in [5.74, 6) is -2.39. The van der Waals surface area contributed by atoms with Gasteiger partial charge in [0, 0.05) is 12.8 Å². The van der Waals surface area contributed by atoms with Gasteiger partial charge in [0.1, 0.15) is 12.6 Å². The van der Waals surface area contributed by atoms with E-state index in [1.165, 1.54) is 109 Å². The van der Waals surface area contributed by atoms with E-state index in [-0.39, 0.29) is 19.4 Å². The first-order chi connectivity index (χ1) is 27.1. The van der Waals surface area contributed by atoms with Gasteiger partial charge in [-0.05, 0) is 57.8 Å². The third-order valence-electron chi connectivity index (χ3n) is 9.67. The molecule has 0 aliphatic heterocycles. The number of phosphoric acid groups is 1. The van der Waals surface area contributed by atoms with Crippen LogP contribution in [0.2, 0.25) is 0 Å². The molecule has 0 aliphatic carbocycles. The van der Waals surface area contributed by atoms with Gasteiger partial charge in [0.15, 0.2) is 6.10 Å². The Kier molecular flexibility index (Phi) is 38.3. The molecule has 0 fully saturated rings. The minimum absolute atomic E-state index is 0.152. The third-order valence-corrected chi connectivity index (χ3v) is 10.6. The number of carboxylic acid groups (broad SMARTS) is 1. The van der Waals surface area contributed by atoms with Crippen LogP contribution in [0.5, 0.6) is 0 Å². The van der Waals surface area contributed by atoms with Gasteiger partial charge in [-0.3, -0.25) is 23.4 Å². The van der Waals surface area contributed by atoms with Gasteiger partial charge in [0.2, 0.25) is 0 Å². The SMILES string of the molecule is CCCC/C=C\CCCCCCCC(=O)O[C@H](COC(=O)CCCCCCCCCCCCC/C=C\CCCCCCCC)COP(=O)(O)OC[C@H](N)C(=O)O. The maximum Gasteiger partial charge on any atom is 0.472 e. The van der Waals surface area contributed by atoms with E-state index in [9.17, 15) is 23.8 Å². The lowest BCUT2D eigenvalue weighted by Gasteiger charge is -2.20. The van der Waals surface area contributed by atoms with Crippen molar-refractivity contribution >= 4 is 25.7 Å². The van der Waals surface area contributed by atoms with Gasteiger partial charge < -0.3 is 25.2 Å². The first kappa shape index (κ1) is 54.0. The standard InChI is InChI=1S/C44H82NO10P/c1-3-5-7-9-11-13-15-16-17-18-19-20-21-22-23-24-26-27-29-31-33-35-42(46)52-37-40(38-53-56(50,51)54-39-41(45)44(48)49)55-43(47)36-34-32-30-28-25-14-12-10-8-6-4-2/h10,12,16-17,40-41H,3-9,11,13-15,18-39,45H2,1-2H3,(H,48,49)(H,50,51)/b12-10-,17-16-/t40-,41+/m1/s1. The normalized spacial score (nSPS) is 13.9. The van der Waals surface area contributed by atoms with E-state index in [1.54, 1.807) is 0 Å². The van der Waals surface area contributed by atoms with Gasteiger partial charge in [0.25, 0.3) is 0 Å². The van der Waals surface area contributed by atoms with E-state index in [1.807, 2.05) is 0 Å². The molecule has 11 nitrogen and oxygen atoms in total. The van der Waals surface area contributed by atoms with Crippen LogP contribution in [0.1, 0.15) is 206 Å². The number of carbonyl (C=O) groups is 3. The number of ether oxygens (including phenoxy) is 2. The van der Waals surface area contributed by atoms with Gasteiger partial charge in [-0.1, -0.05) is 160 Å². The minimum Gasteiger partial charge on any atom is -0.480 e. The fourth-order valence-corrected chi connectivity index (χ4v) is 6.88. The summed E-state index contributed by atoms with van der Waals surface area (Å²) < 4.78 is 32.7. The molecule has 0 amide bonds. The van der Waals surface area contributed by atoms with Crippen molar-refractivity contribution in [3.05, 3.63) is 24.3 Å². The number of phosphoric ester groups is 1. The van der Waals surface area contributed by atoms with Crippen LogP contribution in [-0.2, 0) is 37.5 Å². The Morgan fingerprint density at radius 2 is 0.911 bits per heavy atom. The Labute approximate surface area is 340 Å². The molecule has 56 heavy (non-hydrogen) atoms. The second-order valence-corrected chi connectivity index (χ2v) is 16.6. The molecule has 0 saturated heterocycles. The van der Waals surface area contributed by atoms with Crippen molar-refractivity contribution in [2.75, 3.05) is 19.8 Å². The highest BCUT2D eigenvalue weighted by Gasteiger charge is 2.28. The molecule has 0 bridgehead atoms. The van der Waals surface area contributed by atoms with Gasteiger partial charge in [-0.25, -0.2) is 4.57 Å². The van der Waals surface area contributed by atoms with E-state index >= 15 is 0 Å². The zero-order valence-corrected chi connectivity index (χ0v) is 36.4. The summed E-state index contributed by atoms with van der Waals surface area (Å²) in [5.41, 5.74) is 5.33. The van der Waals surface area contributed by atoms with E-state index in [2.05, 4.69) is 42.7 Å². The highest BCUT2D eigenvalue weighted by molar-refractivity contribution is 7.47. The zero-order chi connectivity index (χ0) is 41.4. The lowest BCUT2D eigenvalue weighted by molar-refractivity contribution is -0.161. The van der Waals surface area contributed by atoms with Gasteiger partial charge in [-0.2, -0.15) is 0 Å². The Balaban J connectivity index is 4.23. The topological polar surface area (TPSA) is 172 Å². The highest BCUT2D eigenvalue weighted by atomic mass is 31.2. The van der Waals surface area contributed by atoms with Gasteiger partial charge >= 0.3 is 25.7 Å². The molecule has 0 radical (unpaired) electrons. The molecule has 0 aliphatic rings. The Bertz CT molecular complexity index is 1050. The van der Waals surface area contributed by atoms with Crippen LogP contribution >= 0.6 is 7.82 Å². The summed E-state index contributed by atoms with van der Waals surface area (Å²) in [7, 11) is -4.71. The van der Waals surface area contributed by atoms with Crippen molar-refractivity contribution in [1.82, 2.24) is 0 Å². The molecule has 0 spiro atoms. The summed E-state index contributed by atoms with van der Waals surface area (Å²) in [6, 6.07) is -1.52. The molecule has 1 unspecified atom stereocenters. The Morgan fingerprint density at radius 3 is 1.36 bits per heavy atom. The van der Waals surface area contributed by atoms with E-state index in [4.69, 9.17) is 24.8 Å². The number of hydrogen-bond acceptors (Lipinski definition) is 9. The summed E-state index contributed by atoms with van der Waals surface area (Å²) in [5, 5.41) is 8.88. The third kappa shape index (κ3) is 38.8. The van der Waals surface area contributed by atoms with Crippen molar-refractivity contribution < 1.29 is 47.5 Å². The van der Waals surface area contributed by atoms with Crippen molar-refractivity contribution in [3.63, 3.8) is 0 Å². The molecule has 328 valence electrons. The highest BCUT2D eigenvalue weighted by Crippen LogP contribution is 2.43. The van der Waals surface area contributed by atoms with Crippen molar-refractivity contribution in [2.45, 2.75) is 219 Å². The number of carbonyl (C=O) groups excluding carboxylic acids is 2. The van der Waals surface area contributed by atoms with Gasteiger partial charge in [0.05, 0.1) is 13.2 Å². The first-order valence-electron chi connectivity index (χ1n) is 22.4. The second kappa shape index (κ2) is 39.8. The van der Waals surface area contributed by atoms with Crippen LogP contribution < -0.4 is 5.73 Å². The average molecular weight is 816 g/mol. The van der Waals surface area contributed by atoms with E-state index in [0.29, 0.717) is 12.8 Å². The summed E-state index contributed by atoms with van der Waals surface area (Å²) in [4.78, 5) is 45.9. The van der Waals surface area contributed by atoms with Crippen molar-refractivity contribution in [3.8, 4) is 0 Å². The van der Waals surface area contributed by atoms with Crippen molar-refractivity contribution in [1.29, 1.82) is 0 Å². The zero-order valence-electron chi connectivity index (χ0n) is 35.5. The number of carboxylic acids is 1. The maximum atomic E-state index is 12.6. The minimum atomic E-state index is -4.71. The fraction of sp³-hybridized carbons (Fsp3) is 0.841. The molecule has 0 heterocycles. The summed E-state index contributed by atoms with van der Waals surface area (Å²) in [6.07, 6.45) is 41.1. The molecule has 0 aromatic heterocycles. The summed E-state index contributed by atoms with van der Waals surface area (Å²) in [6.45, 7) is 2.76. The van der Waals surface area contributed by atoms with Gasteiger partial charge in [-0.15, -0.1) is 0 Å². The molecule has 12 heteroatoms. The first-order valence-corrected chi connectivity index (χ1v) is 23.9. The lowest BCUT2D eigenvalue weighted by Crippen LogP contribution is -2.34. The number of esters is 2. The average Bonchev–Trinajstić information content (AvgIpc) is 3.17. The largest absolute Gasteiger partial charge is 0.480 e. The van der Waals surface area contributed by atoms with Crippen LogP contribution in [-0.4, -0.2) is 59.9 Å². The molecule has 4 N–H and O–H groups in total. The maximum absolute atomic E-state index is 12.6. The molecule has 0 aromatic rings. The molecule has 0 saturated carbocycles. The number of aliphatic carboxylic acids is 1. The second-order valence-electron chi connectivity index (χ2n) is 15.2. The molecule has 0 rings (SSSR count). The Morgan fingerprint density at radius 1 is 0.536 bits per heavy atom. The molecular formula is C44H82NO10P. The van der Waals surface area contributed by atoms with E-state index in [0.717, 1.165) is 57.8 Å². The van der Waals surface area contributed by atoms with Crippen molar-refractivity contribution in [2.24, 2.45) is 5.73 Å². The molecule has 0 aromatic carbocycles. The molecule has 3 atom stereocenters. The van der Waals surface area contributed by atoms with Crippen LogP contribution in [0.4, 0.5) is 0 Å². The number of hydrogen-bond donors (Lipinski definition) is 3. The van der Waals surface area contributed by atoms with Crippen LogP contribution in [0.15, 0.2) is 24.3 Å². The van der Waals surface area contributed by atoms with Crippen LogP contribution in [0, 0.1) is 0 Å². The predicted molar refractivity (Wildman–Crippen MR) is 226 cm³/mol. The monoisotopic (exact) mass is 816 g/mol. The van der Waals surface area contributed by atoms with Crippen LogP contribution in [0.25, 0.3) is 0 Å². The Hall–Kier alpha value is -2.04. The predicted octanol–water partition coefficient (Wildman–Crippen LogP) is 11.8. The summed E-state index contributed by atoms with van der Waals surface area (Å²) >= 11 is 0. The van der Waals surface area contributed by atoms with E-state index < -0.39 is 51.1 Å². The fourth-order valence-electron chi connectivity index (χ4n) is 6.10. The van der Waals surface area contributed by atoms with Crippen LogP contribution in [0.3, 0.4) is 0 Å².